The largest absolute Gasteiger partial charge is 0.351 e. The molecule has 2 aromatic rings. The Bertz CT molecular complexity index is 583. The maximum atomic E-state index is 12.1. The first-order chi connectivity index (χ1) is 10.2. The van der Waals surface area contributed by atoms with Crippen LogP contribution in [-0.2, 0) is 17.1 Å². The Morgan fingerprint density at radius 1 is 1.10 bits per heavy atom. The highest BCUT2D eigenvalue weighted by Crippen LogP contribution is 2.17. The van der Waals surface area contributed by atoms with Crippen molar-refractivity contribution in [1.29, 1.82) is 0 Å². The Hall–Kier alpha value is -1.74. The number of hydrogen-bond acceptors (Lipinski definition) is 2. The summed E-state index contributed by atoms with van der Waals surface area (Å²) in [6.07, 6.45) is 0. The average Bonchev–Trinajstić information content (AvgIpc) is 2.52. The Morgan fingerprint density at radius 3 is 2.48 bits per heavy atom. The van der Waals surface area contributed by atoms with Gasteiger partial charge in [-0.1, -0.05) is 54.6 Å². The molecule has 0 aromatic heterocycles. The van der Waals surface area contributed by atoms with E-state index in [1.54, 1.807) is 11.8 Å². The van der Waals surface area contributed by atoms with E-state index in [1.807, 2.05) is 37.3 Å². The Morgan fingerprint density at radius 2 is 1.76 bits per heavy atom. The van der Waals surface area contributed by atoms with Gasteiger partial charge in [0.2, 0.25) is 5.91 Å². The van der Waals surface area contributed by atoms with Gasteiger partial charge in [-0.2, -0.15) is 0 Å². The summed E-state index contributed by atoms with van der Waals surface area (Å²) in [7, 11) is 0. The molecule has 2 aromatic carbocycles. The first-order valence-corrected chi connectivity index (χ1v) is 8.19. The highest BCUT2D eigenvalue weighted by molar-refractivity contribution is 7.99. The molecule has 0 saturated heterocycles. The molecular weight excluding hydrogens is 278 g/mol. The predicted octanol–water partition coefficient (Wildman–Crippen LogP) is 3.93. The summed E-state index contributed by atoms with van der Waals surface area (Å²) in [4.78, 5) is 12.1. The summed E-state index contributed by atoms with van der Waals surface area (Å²) in [6.45, 7) is 4.62. The van der Waals surface area contributed by atoms with Gasteiger partial charge in [-0.3, -0.25) is 4.79 Å². The number of rotatable bonds is 6. The zero-order valence-electron chi connectivity index (χ0n) is 12.5. The molecule has 1 amide bonds. The van der Waals surface area contributed by atoms with E-state index in [2.05, 4.69) is 36.5 Å². The fourth-order valence-corrected chi connectivity index (χ4v) is 2.88. The molecule has 3 heteroatoms. The van der Waals surface area contributed by atoms with Gasteiger partial charge >= 0.3 is 0 Å². The van der Waals surface area contributed by atoms with Gasteiger partial charge in [0, 0.05) is 12.3 Å². The summed E-state index contributed by atoms with van der Waals surface area (Å²) >= 11 is 1.66. The lowest BCUT2D eigenvalue weighted by Crippen LogP contribution is -2.30. The van der Waals surface area contributed by atoms with Crippen LogP contribution in [0.25, 0.3) is 0 Å². The normalized spacial score (nSPS) is 11.9. The fraction of sp³-hybridized carbons (Fsp3) is 0.278. The second-order valence-corrected chi connectivity index (χ2v) is 6.41. The van der Waals surface area contributed by atoms with E-state index in [1.165, 1.54) is 16.7 Å². The molecule has 0 aliphatic rings. The highest BCUT2D eigenvalue weighted by atomic mass is 32.2. The molecule has 110 valence electrons. The van der Waals surface area contributed by atoms with Crippen LogP contribution in [0.3, 0.4) is 0 Å². The van der Waals surface area contributed by atoms with E-state index in [-0.39, 0.29) is 11.2 Å². The maximum Gasteiger partial charge on any atom is 0.233 e. The van der Waals surface area contributed by atoms with Gasteiger partial charge in [-0.15, -0.1) is 11.8 Å². The first kappa shape index (κ1) is 15.6. The molecule has 0 spiro atoms. The van der Waals surface area contributed by atoms with Crippen LogP contribution in [0.2, 0.25) is 0 Å². The van der Waals surface area contributed by atoms with Crippen molar-refractivity contribution in [3.8, 4) is 0 Å². The number of benzene rings is 2. The third-order valence-electron chi connectivity index (χ3n) is 3.43. The van der Waals surface area contributed by atoms with Crippen LogP contribution in [0.1, 0.15) is 23.6 Å². The third-order valence-corrected chi connectivity index (χ3v) is 4.64. The second kappa shape index (κ2) is 7.89. The molecule has 0 aliphatic carbocycles. The predicted molar refractivity (Wildman–Crippen MR) is 90.2 cm³/mol. The van der Waals surface area contributed by atoms with E-state index in [0.717, 1.165) is 5.75 Å². The van der Waals surface area contributed by atoms with Crippen LogP contribution >= 0.6 is 11.8 Å². The molecule has 0 heterocycles. The average molecular weight is 299 g/mol. The second-order valence-electron chi connectivity index (χ2n) is 5.08. The Kier molecular flexibility index (Phi) is 5.88. The summed E-state index contributed by atoms with van der Waals surface area (Å²) in [5.41, 5.74) is 3.63. The van der Waals surface area contributed by atoms with Crippen molar-refractivity contribution in [3.05, 3.63) is 71.3 Å². The van der Waals surface area contributed by atoms with E-state index < -0.39 is 0 Å². The van der Waals surface area contributed by atoms with Gasteiger partial charge in [-0.25, -0.2) is 0 Å². The van der Waals surface area contributed by atoms with Crippen LogP contribution in [0.15, 0.2) is 54.6 Å². The zero-order chi connectivity index (χ0) is 15.1. The maximum absolute atomic E-state index is 12.1. The van der Waals surface area contributed by atoms with Crippen molar-refractivity contribution in [3.63, 3.8) is 0 Å². The molecule has 1 atom stereocenters. The minimum absolute atomic E-state index is 0.0470. The summed E-state index contributed by atoms with van der Waals surface area (Å²) < 4.78 is 0. The quantitative estimate of drug-likeness (QED) is 0.875. The minimum atomic E-state index is -0.0470. The van der Waals surface area contributed by atoms with Gasteiger partial charge in [0.1, 0.15) is 0 Å². The van der Waals surface area contributed by atoms with Gasteiger partial charge in [0.05, 0.1) is 5.25 Å². The topological polar surface area (TPSA) is 29.1 Å². The number of hydrogen-bond donors (Lipinski definition) is 1. The molecule has 0 radical (unpaired) electrons. The standard InChI is InChI=1S/C18H21NOS/c1-14-8-6-7-11-17(14)12-19-18(20)15(2)21-13-16-9-4-3-5-10-16/h3-11,15H,12-13H2,1-2H3,(H,19,20). The van der Waals surface area contributed by atoms with Crippen LogP contribution in [0.5, 0.6) is 0 Å². The van der Waals surface area contributed by atoms with Gasteiger partial charge in [-0.05, 0) is 30.5 Å². The molecular formula is C18H21NOS. The van der Waals surface area contributed by atoms with Gasteiger partial charge in [0.25, 0.3) is 0 Å². The molecule has 21 heavy (non-hydrogen) atoms. The van der Waals surface area contributed by atoms with Crippen molar-refractivity contribution in [1.82, 2.24) is 5.32 Å². The van der Waals surface area contributed by atoms with Crippen molar-refractivity contribution < 1.29 is 4.79 Å². The first-order valence-electron chi connectivity index (χ1n) is 7.14. The monoisotopic (exact) mass is 299 g/mol. The number of amides is 1. The molecule has 0 aliphatic heterocycles. The Balaban J connectivity index is 1.79. The number of nitrogens with one attached hydrogen (secondary N) is 1. The number of carbonyl (C=O) groups excluding carboxylic acids is 1. The lowest BCUT2D eigenvalue weighted by atomic mass is 10.1. The molecule has 0 fully saturated rings. The molecule has 0 saturated carbocycles. The molecule has 1 N–H and O–H groups in total. The van der Waals surface area contributed by atoms with Gasteiger partial charge < -0.3 is 5.32 Å². The zero-order valence-corrected chi connectivity index (χ0v) is 13.3. The highest BCUT2D eigenvalue weighted by Gasteiger charge is 2.13. The fourth-order valence-electron chi connectivity index (χ4n) is 2.01. The van der Waals surface area contributed by atoms with Crippen LogP contribution < -0.4 is 5.32 Å². The van der Waals surface area contributed by atoms with Gasteiger partial charge in [0.15, 0.2) is 0 Å². The van der Waals surface area contributed by atoms with E-state index in [0.29, 0.717) is 6.54 Å². The van der Waals surface area contributed by atoms with Crippen molar-refractivity contribution in [2.45, 2.75) is 31.4 Å². The smallest absolute Gasteiger partial charge is 0.233 e. The van der Waals surface area contributed by atoms with Crippen molar-refractivity contribution >= 4 is 17.7 Å². The summed E-state index contributed by atoms with van der Waals surface area (Å²) in [6, 6.07) is 18.4. The number of carbonyl (C=O) groups is 1. The molecule has 2 rings (SSSR count). The van der Waals surface area contributed by atoms with Crippen LogP contribution in [0.4, 0.5) is 0 Å². The summed E-state index contributed by atoms with van der Waals surface area (Å²) in [5, 5.41) is 2.97. The van der Waals surface area contributed by atoms with E-state index in [9.17, 15) is 4.79 Å². The van der Waals surface area contributed by atoms with Crippen LogP contribution in [0, 0.1) is 6.92 Å². The van der Waals surface area contributed by atoms with E-state index >= 15 is 0 Å². The van der Waals surface area contributed by atoms with E-state index in [4.69, 9.17) is 0 Å². The summed E-state index contributed by atoms with van der Waals surface area (Å²) in [5.74, 6) is 0.957. The molecule has 2 nitrogen and oxygen atoms in total. The molecule has 1 unspecified atom stereocenters. The SMILES string of the molecule is Cc1ccccc1CNC(=O)C(C)SCc1ccccc1. The minimum Gasteiger partial charge on any atom is -0.351 e. The lowest BCUT2D eigenvalue weighted by Gasteiger charge is -2.13. The third kappa shape index (κ3) is 4.94. The number of aryl methyl sites for hydroxylation is 1. The molecule has 0 bridgehead atoms. The van der Waals surface area contributed by atoms with Crippen molar-refractivity contribution in [2.24, 2.45) is 0 Å². The lowest BCUT2D eigenvalue weighted by molar-refractivity contribution is -0.120. The van der Waals surface area contributed by atoms with Crippen LogP contribution in [-0.4, -0.2) is 11.2 Å². The number of thioether (sulfide) groups is 1. The Labute approximate surface area is 131 Å². The van der Waals surface area contributed by atoms with Crippen molar-refractivity contribution in [2.75, 3.05) is 0 Å².